The zero-order chi connectivity index (χ0) is 16.4. The first-order valence-corrected chi connectivity index (χ1v) is 9.89. The summed E-state index contributed by atoms with van der Waals surface area (Å²) < 4.78 is 0. The zero-order valence-corrected chi connectivity index (χ0v) is 15.0. The molecule has 0 saturated heterocycles. The van der Waals surface area contributed by atoms with Crippen LogP contribution in [0.4, 0.5) is 0 Å². The minimum absolute atomic E-state index is 0.379. The number of para-hydroxylation sites is 1. The summed E-state index contributed by atoms with van der Waals surface area (Å²) in [6.45, 7) is 3.30. The van der Waals surface area contributed by atoms with Gasteiger partial charge in [-0.1, -0.05) is 43.3 Å². The summed E-state index contributed by atoms with van der Waals surface area (Å²) in [6.07, 6.45) is 3.38. The molecule has 2 heterocycles. The molecule has 0 bridgehead atoms. The predicted octanol–water partition coefficient (Wildman–Crippen LogP) is 5.10. The van der Waals surface area contributed by atoms with Crippen LogP contribution in [0, 0.1) is 0 Å². The van der Waals surface area contributed by atoms with Gasteiger partial charge in [0.05, 0.1) is 6.04 Å². The molecule has 2 aromatic carbocycles. The predicted molar refractivity (Wildman–Crippen MR) is 104 cm³/mol. The van der Waals surface area contributed by atoms with E-state index in [2.05, 4.69) is 65.8 Å². The lowest BCUT2D eigenvalue weighted by molar-refractivity contribution is 0.493. The van der Waals surface area contributed by atoms with E-state index in [1.807, 2.05) is 11.8 Å². The maximum Gasteiger partial charge on any atom is 0.0517 e. The standard InChI is InChI=1S/C21H24N2S/c1-2-13-24-20-10-6-3-7-15(20)14-19-21-17(11-12-22-19)16-8-4-5-9-18(16)23-21/h3-10,19,22-23H,2,11-14H2,1H3. The Morgan fingerprint density at radius 3 is 2.83 bits per heavy atom. The molecule has 1 aliphatic rings. The van der Waals surface area contributed by atoms with E-state index in [-0.39, 0.29) is 0 Å². The Bertz CT molecular complexity index is 837. The summed E-state index contributed by atoms with van der Waals surface area (Å²) in [5, 5.41) is 5.12. The van der Waals surface area contributed by atoms with E-state index in [0.29, 0.717) is 6.04 Å². The zero-order valence-electron chi connectivity index (χ0n) is 14.1. The first kappa shape index (κ1) is 15.8. The molecule has 0 amide bonds. The Balaban J connectivity index is 1.66. The molecule has 0 radical (unpaired) electrons. The average molecular weight is 337 g/mol. The van der Waals surface area contributed by atoms with E-state index >= 15 is 0 Å². The summed E-state index contributed by atoms with van der Waals surface area (Å²) in [4.78, 5) is 5.11. The smallest absolute Gasteiger partial charge is 0.0517 e. The topological polar surface area (TPSA) is 27.8 Å². The maximum atomic E-state index is 3.73. The third kappa shape index (κ3) is 2.99. The molecule has 1 aliphatic heterocycles. The molecular formula is C21H24N2S. The van der Waals surface area contributed by atoms with Crippen LogP contribution in [0.1, 0.15) is 36.2 Å². The molecule has 3 heteroatoms. The van der Waals surface area contributed by atoms with Crippen molar-refractivity contribution >= 4 is 22.7 Å². The van der Waals surface area contributed by atoms with Crippen LogP contribution in [0.3, 0.4) is 0 Å². The van der Waals surface area contributed by atoms with E-state index < -0.39 is 0 Å². The number of hydrogen-bond acceptors (Lipinski definition) is 2. The number of fused-ring (bicyclic) bond motifs is 3. The summed E-state index contributed by atoms with van der Waals surface area (Å²) in [5.41, 5.74) is 5.62. The summed E-state index contributed by atoms with van der Waals surface area (Å²) in [5.74, 6) is 1.19. The molecule has 1 aromatic heterocycles. The number of nitrogens with one attached hydrogen (secondary N) is 2. The number of thioether (sulfide) groups is 1. The van der Waals surface area contributed by atoms with Crippen molar-refractivity contribution in [3.63, 3.8) is 0 Å². The van der Waals surface area contributed by atoms with Gasteiger partial charge in [-0.2, -0.15) is 0 Å². The van der Waals surface area contributed by atoms with Gasteiger partial charge in [-0.3, -0.25) is 0 Å². The van der Waals surface area contributed by atoms with Gasteiger partial charge < -0.3 is 10.3 Å². The van der Waals surface area contributed by atoms with Gasteiger partial charge in [-0.25, -0.2) is 0 Å². The van der Waals surface area contributed by atoms with Crippen LogP contribution in [0.25, 0.3) is 10.9 Å². The Morgan fingerprint density at radius 2 is 1.92 bits per heavy atom. The van der Waals surface area contributed by atoms with Gasteiger partial charge in [0.2, 0.25) is 0 Å². The van der Waals surface area contributed by atoms with Crippen molar-refractivity contribution in [2.75, 3.05) is 12.3 Å². The molecule has 0 fully saturated rings. The number of rotatable bonds is 5. The SMILES string of the molecule is CCCSc1ccccc1CC1NCCc2c1[nH]c1ccccc21. The number of hydrogen-bond donors (Lipinski definition) is 2. The highest BCUT2D eigenvalue weighted by Gasteiger charge is 2.24. The number of H-pyrrole nitrogens is 1. The van der Waals surface area contributed by atoms with E-state index in [0.717, 1.165) is 19.4 Å². The molecule has 2 N–H and O–H groups in total. The van der Waals surface area contributed by atoms with Gasteiger partial charge in [0.1, 0.15) is 0 Å². The molecule has 0 aliphatic carbocycles. The minimum Gasteiger partial charge on any atom is -0.357 e. The van der Waals surface area contributed by atoms with Crippen LogP contribution >= 0.6 is 11.8 Å². The monoisotopic (exact) mass is 336 g/mol. The first-order chi connectivity index (χ1) is 11.9. The first-order valence-electron chi connectivity index (χ1n) is 8.90. The quantitative estimate of drug-likeness (QED) is 0.634. The van der Waals surface area contributed by atoms with E-state index in [1.165, 1.54) is 44.8 Å². The highest BCUT2D eigenvalue weighted by Crippen LogP contribution is 2.33. The molecule has 124 valence electrons. The molecule has 1 unspecified atom stereocenters. The Morgan fingerprint density at radius 1 is 1.08 bits per heavy atom. The van der Waals surface area contributed by atoms with E-state index in [1.54, 1.807) is 0 Å². The van der Waals surface area contributed by atoms with Crippen LogP contribution in [0.2, 0.25) is 0 Å². The Labute approximate surface area is 148 Å². The average Bonchev–Trinajstić information content (AvgIpc) is 3.01. The van der Waals surface area contributed by atoms with Gasteiger partial charge in [-0.05, 0) is 54.8 Å². The minimum atomic E-state index is 0.379. The van der Waals surface area contributed by atoms with Gasteiger partial charge in [0.15, 0.2) is 0 Å². The van der Waals surface area contributed by atoms with Crippen molar-refractivity contribution in [3.05, 3.63) is 65.4 Å². The highest BCUT2D eigenvalue weighted by molar-refractivity contribution is 7.99. The van der Waals surface area contributed by atoms with Crippen molar-refractivity contribution in [1.29, 1.82) is 0 Å². The molecule has 3 aromatic rings. The van der Waals surface area contributed by atoms with Crippen LogP contribution < -0.4 is 5.32 Å². The van der Waals surface area contributed by atoms with Crippen LogP contribution in [0.5, 0.6) is 0 Å². The summed E-state index contributed by atoms with van der Waals surface area (Å²) in [6, 6.07) is 18.0. The Hall–Kier alpha value is -1.71. The molecule has 1 atom stereocenters. The fraction of sp³-hybridized carbons (Fsp3) is 0.333. The number of aromatic nitrogens is 1. The van der Waals surface area contributed by atoms with Gasteiger partial charge in [0, 0.05) is 21.5 Å². The molecule has 0 spiro atoms. The van der Waals surface area contributed by atoms with Crippen LogP contribution in [-0.2, 0) is 12.8 Å². The third-order valence-electron chi connectivity index (χ3n) is 4.82. The highest BCUT2D eigenvalue weighted by atomic mass is 32.2. The molecule has 2 nitrogen and oxygen atoms in total. The number of aromatic amines is 1. The fourth-order valence-corrected chi connectivity index (χ4v) is 4.62. The van der Waals surface area contributed by atoms with Gasteiger partial charge >= 0.3 is 0 Å². The second-order valence-electron chi connectivity index (χ2n) is 6.48. The van der Waals surface area contributed by atoms with Gasteiger partial charge in [-0.15, -0.1) is 11.8 Å². The third-order valence-corrected chi connectivity index (χ3v) is 6.14. The lowest BCUT2D eigenvalue weighted by Crippen LogP contribution is -2.31. The molecule has 24 heavy (non-hydrogen) atoms. The van der Waals surface area contributed by atoms with E-state index in [4.69, 9.17) is 0 Å². The van der Waals surface area contributed by atoms with Crippen molar-refractivity contribution in [3.8, 4) is 0 Å². The van der Waals surface area contributed by atoms with Gasteiger partial charge in [0.25, 0.3) is 0 Å². The van der Waals surface area contributed by atoms with Crippen molar-refractivity contribution in [2.45, 2.75) is 37.1 Å². The normalized spacial score (nSPS) is 17.1. The summed E-state index contributed by atoms with van der Waals surface area (Å²) in [7, 11) is 0. The van der Waals surface area contributed by atoms with Crippen LogP contribution in [0.15, 0.2) is 53.4 Å². The lowest BCUT2D eigenvalue weighted by Gasteiger charge is -2.25. The van der Waals surface area contributed by atoms with Crippen molar-refractivity contribution in [1.82, 2.24) is 10.3 Å². The molecule has 4 rings (SSSR count). The largest absolute Gasteiger partial charge is 0.357 e. The fourth-order valence-electron chi connectivity index (χ4n) is 3.68. The van der Waals surface area contributed by atoms with Crippen molar-refractivity contribution in [2.24, 2.45) is 0 Å². The van der Waals surface area contributed by atoms with E-state index in [9.17, 15) is 0 Å². The molecule has 0 saturated carbocycles. The lowest BCUT2D eigenvalue weighted by atomic mass is 9.95. The second-order valence-corrected chi connectivity index (χ2v) is 7.62. The summed E-state index contributed by atoms with van der Waals surface area (Å²) >= 11 is 1.98. The Kier molecular flexibility index (Phi) is 4.63. The second kappa shape index (κ2) is 7.04. The molecular weight excluding hydrogens is 312 g/mol. The van der Waals surface area contributed by atoms with Crippen molar-refractivity contribution < 1.29 is 0 Å². The maximum absolute atomic E-state index is 3.73. The number of benzene rings is 2. The van der Waals surface area contributed by atoms with Crippen LogP contribution in [-0.4, -0.2) is 17.3 Å².